The van der Waals surface area contributed by atoms with Gasteiger partial charge in [0.05, 0.1) is 0 Å². The molecular formula is C19H21N3O3. The third-order valence-corrected chi connectivity index (χ3v) is 3.62. The number of benzene rings is 2. The number of nitrogens with zero attached hydrogens (tertiary/aromatic N) is 1. The molecule has 6 nitrogen and oxygen atoms in total. The molecule has 6 heteroatoms. The minimum atomic E-state index is -0.415. The van der Waals surface area contributed by atoms with Gasteiger partial charge in [0.1, 0.15) is 0 Å². The molecule has 0 radical (unpaired) electrons. The summed E-state index contributed by atoms with van der Waals surface area (Å²) in [6.45, 7) is 0. The molecule has 25 heavy (non-hydrogen) atoms. The lowest BCUT2D eigenvalue weighted by molar-refractivity contribution is -0.121. The maximum atomic E-state index is 12.1. The van der Waals surface area contributed by atoms with Crippen LogP contribution in [0.1, 0.15) is 33.6 Å². The molecule has 2 aromatic rings. The molecule has 2 N–H and O–H groups in total. The van der Waals surface area contributed by atoms with Gasteiger partial charge in [0.25, 0.3) is 5.91 Å². The van der Waals surface area contributed by atoms with Crippen LogP contribution in [0.3, 0.4) is 0 Å². The van der Waals surface area contributed by atoms with Crippen LogP contribution < -0.4 is 15.8 Å². The number of amides is 2. The molecule has 0 unspecified atom stereocenters. The van der Waals surface area contributed by atoms with Crippen molar-refractivity contribution in [3.8, 4) is 0 Å². The van der Waals surface area contributed by atoms with Gasteiger partial charge in [0, 0.05) is 43.8 Å². The van der Waals surface area contributed by atoms with Crippen molar-refractivity contribution in [2.24, 2.45) is 0 Å². The third-order valence-electron chi connectivity index (χ3n) is 3.62. The van der Waals surface area contributed by atoms with Crippen molar-refractivity contribution in [1.82, 2.24) is 10.9 Å². The second-order valence-corrected chi connectivity index (χ2v) is 5.74. The van der Waals surface area contributed by atoms with Crippen molar-refractivity contribution >= 4 is 23.3 Å². The Morgan fingerprint density at radius 2 is 1.52 bits per heavy atom. The molecule has 130 valence electrons. The average Bonchev–Trinajstić information content (AvgIpc) is 2.64. The van der Waals surface area contributed by atoms with E-state index in [1.165, 1.54) is 0 Å². The first-order chi connectivity index (χ1) is 12.0. The summed E-state index contributed by atoms with van der Waals surface area (Å²) >= 11 is 0. The molecule has 0 aromatic heterocycles. The van der Waals surface area contributed by atoms with Gasteiger partial charge in [-0.25, -0.2) is 0 Å². The Hall–Kier alpha value is -3.15. The van der Waals surface area contributed by atoms with Gasteiger partial charge in [-0.2, -0.15) is 0 Å². The highest BCUT2D eigenvalue weighted by Gasteiger charge is 2.11. The third kappa shape index (κ3) is 5.46. The lowest BCUT2D eigenvalue weighted by Crippen LogP contribution is -2.41. The van der Waals surface area contributed by atoms with Gasteiger partial charge in [-0.3, -0.25) is 25.2 Å². The number of hydrazine groups is 1. The van der Waals surface area contributed by atoms with E-state index < -0.39 is 11.8 Å². The van der Waals surface area contributed by atoms with Gasteiger partial charge >= 0.3 is 0 Å². The molecule has 2 rings (SSSR count). The van der Waals surface area contributed by atoms with Crippen molar-refractivity contribution in [3.63, 3.8) is 0 Å². The van der Waals surface area contributed by atoms with E-state index in [2.05, 4.69) is 10.9 Å². The zero-order valence-electron chi connectivity index (χ0n) is 14.3. The summed E-state index contributed by atoms with van der Waals surface area (Å²) in [7, 11) is 3.76. The Bertz CT molecular complexity index is 758. The molecule has 0 aliphatic carbocycles. The average molecular weight is 339 g/mol. The molecule has 0 saturated carbocycles. The first-order valence-electron chi connectivity index (χ1n) is 7.92. The molecule has 0 fully saturated rings. The van der Waals surface area contributed by atoms with E-state index >= 15 is 0 Å². The maximum absolute atomic E-state index is 12.1. The van der Waals surface area contributed by atoms with Gasteiger partial charge < -0.3 is 4.90 Å². The molecule has 0 aliphatic heterocycles. The first-order valence-corrected chi connectivity index (χ1v) is 7.92. The number of anilines is 1. The summed E-state index contributed by atoms with van der Waals surface area (Å²) in [5, 5.41) is 0. The van der Waals surface area contributed by atoms with E-state index in [1.54, 1.807) is 42.5 Å². The predicted molar refractivity (Wildman–Crippen MR) is 96.4 cm³/mol. The van der Waals surface area contributed by atoms with Gasteiger partial charge in [0.15, 0.2) is 5.78 Å². The van der Waals surface area contributed by atoms with E-state index in [0.29, 0.717) is 11.1 Å². The number of rotatable bonds is 6. The Labute approximate surface area is 146 Å². The summed E-state index contributed by atoms with van der Waals surface area (Å²) in [4.78, 5) is 37.7. The lowest BCUT2D eigenvalue weighted by Gasteiger charge is -2.13. The van der Waals surface area contributed by atoms with Crippen molar-refractivity contribution in [3.05, 3.63) is 65.7 Å². The van der Waals surface area contributed by atoms with Crippen LogP contribution >= 0.6 is 0 Å². The van der Waals surface area contributed by atoms with Crippen LogP contribution in [0.2, 0.25) is 0 Å². The zero-order chi connectivity index (χ0) is 18.2. The zero-order valence-corrected chi connectivity index (χ0v) is 14.3. The quantitative estimate of drug-likeness (QED) is 0.624. The fourth-order valence-corrected chi connectivity index (χ4v) is 2.18. The Morgan fingerprint density at radius 3 is 2.20 bits per heavy atom. The van der Waals surface area contributed by atoms with Crippen LogP contribution in [-0.4, -0.2) is 31.7 Å². The highest BCUT2D eigenvalue weighted by Crippen LogP contribution is 2.13. The van der Waals surface area contributed by atoms with Gasteiger partial charge in [-0.15, -0.1) is 0 Å². The van der Waals surface area contributed by atoms with E-state index in [-0.39, 0.29) is 18.6 Å². The molecule has 0 aliphatic rings. The van der Waals surface area contributed by atoms with Crippen LogP contribution in [0.15, 0.2) is 54.6 Å². The van der Waals surface area contributed by atoms with Crippen molar-refractivity contribution in [2.75, 3.05) is 19.0 Å². The Balaban J connectivity index is 1.80. The Kier molecular flexibility index (Phi) is 6.28. The molecule has 0 heterocycles. The number of ketones is 1. The van der Waals surface area contributed by atoms with Crippen LogP contribution in [0, 0.1) is 0 Å². The summed E-state index contributed by atoms with van der Waals surface area (Å²) in [6, 6.07) is 15.8. The molecule has 2 amide bonds. The largest absolute Gasteiger partial charge is 0.378 e. The number of carbonyl (C=O) groups is 3. The molecule has 0 spiro atoms. The second-order valence-electron chi connectivity index (χ2n) is 5.74. The predicted octanol–water partition coefficient (Wildman–Crippen LogP) is 2.18. The molecular weight excluding hydrogens is 318 g/mol. The summed E-state index contributed by atoms with van der Waals surface area (Å²) in [5.74, 6) is -0.936. The van der Waals surface area contributed by atoms with Gasteiger partial charge in [-0.1, -0.05) is 36.4 Å². The SMILES string of the molecule is CN(C)c1cccc(C(=O)NNC(=O)CCC(=O)c2ccccc2)c1. The number of Topliss-reactive ketones (excluding diaryl/α,β-unsaturated/α-hetero) is 1. The first kappa shape index (κ1) is 18.2. The van der Waals surface area contributed by atoms with E-state index in [9.17, 15) is 14.4 Å². The topological polar surface area (TPSA) is 78.5 Å². The molecule has 0 atom stereocenters. The summed E-state index contributed by atoms with van der Waals surface area (Å²) in [6.07, 6.45) is 0.0908. The smallest absolute Gasteiger partial charge is 0.269 e. The van der Waals surface area contributed by atoms with Gasteiger partial charge in [0.2, 0.25) is 5.91 Å². The van der Waals surface area contributed by atoms with Crippen molar-refractivity contribution in [1.29, 1.82) is 0 Å². The normalized spacial score (nSPS) is 10.0. The lowest BCUT2D eigenvalue weighted by atomic mass is 10.1. The van der Waals surface area contributed by atoms with Crippen LogP contribution in [0.5, 0.6) is 0 Å². The molecule has 2 aromatic carbocycles. The van der Waals surface area contributed by atoms with Crippen molar-refractivity contribution in [2.45, 2.75) is 12.8 Å². The fraction of sp³-hybridized carbons (Fsp3) is 0.211. The second kappa shape index (κ2) is 8.63. The summed E-state index contributed by atoms with van der Waals surface area (Å²) < 4.78 is 0. The monoisotopic (exact) mass is 339 g/mol. The van der Waals surface area contributed by atoms with Gasteiger partial charge in [-0.05, 0) is 18.2 Å². The van der Waals surface area contributed by atoms with Crippen LogP contribution in [0.25, 0.3) is 0 Å². The highest BCUT2D eigenvalue weighted by atomic mass is 16.2. The minimum absolute atomic E-state index is 0.00570. The minimum Gasteiger partial charge on any atom is -0.378 e. The highest BCUT2D eigenvalue weighted by molar-refractivity contribution is 5.99. The van der Waals surface area contributed by atoms with Crippen LogP contribution in [-0.2, 0) is 4.79 Å². The standard InChI is InChI=1S/C19H21N3O3/c1-22(2)16-10-6-9-15(13-16)19(25)21-20-18(24)12-11-17(23)14-7-4-3-5-8-14/h3-10,13H,11-12H2,1-2H3,(H,20,24)(H,21,25). The summed E-state index contributed by atoms with van der Waals surface area (Å²) in [5.41, 5.74) is 6.58. The number of hydrogen-bond acceptors (Lipinski definition) is 4. The van der Waals surface area contributed by atoms with E-state index in [1.807, 2.05) is 31.1 Å². The van der Waals surface area contributed by atoms with Crippen molar-refractivity contribution < 1.29 is 14.4 Å². The van der Waals surface area contributed by atoms with E-state index in [0.717, 1.165) is 5.69 Å². The molecule has 0 bridgehead atoms. The Morgan fingerprint density at radius 1 is 0.840 bits per heavy atom. The molecule has 0 saturated heterocycles. The van der Waals surface area contributed by atoms with Crippen LogP contribution in [0.4, 0.5) is 5.69 Å². The number of carbonyl (C=O) groups excluding carboxylic acids is 3. The number of hydrogen-bond donors (Lipinski definition) is 2. The number of nitrogens with one attached hydrogen (secondary N) is 2. The maximum Gasteiger partial charge on any atom is 0.269 e. The fourth-order valence-electron chi connectivity index (χ4n) is 2.18. The van der Waals surface area contributed by atoms with E-state index in [4.69, 9.17) is 0 Å².